The summed E-state index contributed by atoms with van der Waals surface area (Å²) < 4.78 is 1.07. The van der Waals surface area contributed by atoms with Gasteiger partial charge in [-0.25, -0.2) is 0 Å². The maximum absolute atomic E-state index is 5.78. The molecule has 150 valence electrons. The Bertz CT molecular complexity index is 1150. The van der Waals surface area contributed by atoms with E-state index in [1.165, 1.54) is 27.7 Å². The summed E-state index contributed by atoms with van der Waals surface area (Å²) in [6.45, 7) is 5.29. The number of rotatable bonds is 7. The monoisotopic (exact) mass is 449 g/mol. The molecule has 4 aromatic rings. The second-order valence-electron chi connectivity index (χ2n) is 7.80. The largest absolute Gasteiger partial charge is 0.354 e. The highest BCUT2D eigenvalue weighted by Gasteiger charge is 2.19. The Labute approximate surface area is 180 Å². The molecule has 0 amide bonds. The smallest absolute Gasteiger partial charge is 0.0806 e. The first kappa shape index (κ1) is 20.1. The fraction of sp³-hybridized carbons (Fsp3) is 0.320. The van der Waals surface area contributed by atoms with Crippen molar-refractivity contribution in [2.45, 2.75) is 45.4 Å². The zero-order valence-corrected chi connectivity index (χ0v) is 18.7. The van der Waals surface area contributed by atoms with Crippen molar-refractivity contribution in [2.24, 2.45) is 5.73 Å². The Hall–Kier alpha value is -2.17. The van der Waals surface area contributed by atoms with E-state index in [1.54, 1.807) is 0 Å². The number of fused-ring (bicyclic) bond motifs is 2. The zero-order valence-electron chi connectivity index (χ0n) is 17.1. The van der Waals surface area contributed by atoms with Crippen LogP contribution in [0.5, 0.6) is 0 Å². The average molecular weight is 450 g/mol. The van der Waals surface area contributed by atoms with Gasteiger partial charge in [-0.1, -0.05) is 54.0 Å². The van der Waals surface area contributed by atoms with Crippen molar-refractivity contribution in [1.29, 1.82) is 0 Å². The van der Waals surface area contributed by atoms with Gasteiger partial charge in [0.1, 0.15) is 0 Å². The number of hydrogen-bond acceptors (Lipinski definition) is 2. The number of nitrogens with zero attached hydrogens (tertiary/aromatic N) is 1. The summed E-state index contributed by atoms with van der Waals surface area (Å²) in [4.78, 5) is 8.55. The van der Waals surface area contributed by atoms with Crippen LogP contribution in [-0.2, 0) is 6.42 Å². The van der Waals surface area contributed by atoms with Gasteiger partial charge in [-0.3, -0.25) is 4.98 Å². The van der Waals surface area contributed by atoms with E-state index in [0.717, 1.165) is 53.2 Å². The summed E-state index contributed by atoms with van der Waals surface area (Å²) in [5.74, 6) is 0.516. The van der Waals surface area contributed by atoms with Gasteiger partial charge in [-0.05, 0) is 67.5 Å². The predicted octanol–water partition coefficient (Wildman–Crippen LogP) is 6.94. The summed E-state index contributed by atoms with van der Waals surface area (Å²) in [5, 5.41) is 2.47. The molecule has 0 spiro atoms. The molecule has 0 aliphatic rings. The Kier molecular flexibility index (Phi) is 6.02. The van der Waals surface area contributed by atoms with Crippen molar-refractivity contribution in [3.05, 3.63) is 64.3 Å². The van der Waals surface area contributed by atoms with E-state index >= 15 is 0 Å². The molecule has 1 unspecified atom stereocenters. The summed E-state index contributed by atoms with van der Waals surface area (Å²) in [6, 6.07) is 15.1. The zero-order chi connectivity index (χ0) is 20.4. The minimum atomic E-state index is 0.516. The van der Waals surface area contributed by atoms with Gasteiger partial charge in [0.25, 0.3) is 0 Å². The van der Waals surface area contributed by atoms with Crippen LogP contribution in [0.25, 0.3) is 33.1 Å². The standard InChI is InChI=1S/C25H28BrN3/c1-3-16(2)17-9-6-10-19-18(8-4-5-14-27)25(29-24(17)19)21-12-13-22(26)20-11-7-15-28-23(20)21/h6-7,9-13,15-16,29H,3-5,8,14,27H2,1-2H3. The second kappa shape index (κ2) is 8.68. The Balaban J connectivity index is 1.98. The molecule has 0 saturated heterocycles. The van der Waals surface area contributed by atoms with Crippen molar-refractivity contribution in [2.75, 3.05) is 6.54 Å². The molecule has 3 N–H and O–H groups in total. The quantitative estimate of drug-likeness (QED) is 0.300. The van der Waals surface area contributed by atoms with Crippen LogP contribution in [0.1, 0.15) is 50.2 Å². The first-order valence-corrected chi connectivity index (χ1v) is 11.3. The van der Waals surface area contributed by atoms with Gasteiger partial charge in [-0.15, -0.1) is 0 Å². The molecule has 0 saturated carbocycles. The number of nitrogens with two attached hydrogens (primary N) is 1. The number of unbranched alkanes of at least 4 members (excludes halogenated alkanes) is 1. The van der Waals surface area contributed by atoms with E-state index in [9.17, 15) is 0 Å². The lowest BCUT2D eigenvalue weighted by atomic mass is 9.94. The highest BCUT2D eigenvalue weighted by Crippen LogP contribution is 2.39. The van der Waals surface area contributed by atoms with Gasteiger partial charge < -0.3 is 10.7 Å². The normalized spacial score (nSPS) is 12.7. The van der Waals surface area contributed by atoms with Crippen molar-refractivity contribution < 1.29 is 0 Å². The van der Waals surface area contributed by atoms with Crippen LogP contribution in [0.15, 0.2) is 53.1 Å². The highest BCUT2D eigenvalue weighted by molar-refractivity contribution is 9.10. The second-order valence-corrected chi connectivity index (χ2v) is 8.65. The number of halogens is 1. The summed E-state index contributed by atoms with van der Waals surface area (Å²) in [5.41, 5.74) is 13.2. The number of pyridine rings is 1. The molecule has 0 bridgehead atoms. The number of nitrogens with one attached hydrogen (secondary N) is 1. The Morgan fingerprint density at radius 1 is 1.07 bits per heavy atom. The van der Waals surface area contributed by atoms with Gasteiger partial charge in [0.15, 0.2) is 0 Å². The molecule has 3 nitrogen and oxygen atoms in total. The van der Waals surface area contributed by atoms with E-state index in [4.69, 9.17) is 10.7 Å². The topological polar surface area (TPSA) is 54.7 Å². The molecule has 4 rings (SSSR count). The third-order valence-corrected chi connectivity index (χ3v) is 6.68. The van der Waals surface area contributed by atoms with Crippen molar-refractivity contribution in [1.82, 2.24) is 9.97 Å². The first-order chi connectivity index (χ1) is 14.2. The maximum Gasteiger partial charge on any atom is 0.0806 e. The van der Waals surface area contributed by atoms with Crippen molar-refractivity contribution >= 4 is 37.7 Å². The molecular formula is C25H28BrN3. The Morgan fingerprint density at radius 2 is 1.90 bits per heavy atom. The number of benzene rings is 2. The number of aryl methyl sites for hydroxylation is 1. The molecule has 2 heterocycles. The van der Waals surface area contributed by atoms with E-state index in [-0.39, 0.29) is 0 Å². The number of para-hydroxylation sites is 1. The molecule has 2 aromatic carbocycles. The SMILES string of the molecule is CCC(C)c1cccc2c(CCCCN)c(-c3ccc(Br)c4cccnc34)[nH]c12. The number of aromatic amines is 1. The van der Waals surface area contributed by atoms with Crippen LogP contribution >= 0.6 is 15.9 Å². The third kappa shape index (κ3) is 3.72. The first-order valence-electron chi connectivity index (χ1n) is 10.5. The van der Waals surface area contributed by atoms with Gasteiger partial charge >= 0.3 is 0 Å². The molecular weight excluding hydrogens is 422 g/mol. The lowest BCUT2D eigenvalue weighted by molar-refractivity contribution is 0.738. The van der Waals surface area contributed by atoms with E-state index in [0.29, 0.717) is 5.92 Å². The van der Waals surface area contributed by atoms with Crippen molar-refractivity contribution in [3.63, 3.8) is 0 Å². The predicted molar refractivity (Wildman–Crippen MR) is 127 cm³/mol. The van der Waals surface area contributed by atoms with E-state index in [1.807, 2.05) is 12.3 Å². The number of aromatic nitrogens is 2. The van der Waals surface area contributed by atoms with E-state index in [2.05, 4.69) is 71.2 Å². The third-order valence-electron chi connectivity index (χ3n) is 5.98. The van der Waals surface area contributed by atoms with Crippen LogP contribution in [0.3, 0.4) is 0 Å². The fourth-order valence-electron chi connectivity index (χ4n) is 4.20. The molecule has 1 atom stereocenters. The lowest BCUT2D eigenvalue weighted by Gasteiger charge is -2.10. The fourth-order valence-corrected chi connectivity index (χ4v) is 4.65. The molecule has 29 heavy (non-hydrogen) atoms. The van der Waals surface area contributed by atoms with Gasteiger partial charge in [0, 0.05) is 32.5 Å². The Morgan fingerprint density at radius 3 is 2.69 bits per heavy atom. The van der Waals surface area contributed by atoms with Gasteiger partial charge in [0.05, 0.1) is 11.2 Å². The van der Waals surface area contributed by atoms with Crippen LogP contribution < -0.4 is 5.73 Å². The van der Waals surface area contributed by atoms with Crippen LogP contribution in [0.4, 0.5) is 0 Å². The molecule has 0 aliphatic heterocycles. The number of H-pyrrole nitrogens is 1. The minimum Gasteiger partial charge on any atom is -0.354 e. The van der Waals surface area contributed by atoms with Crippen LogP contribution in [0.2, 0.25) is 0 Å². The van der Waals surface area contributed by atoms with Gasteiger partial charge in [-0.2, -0.15) is 0 Å². The molecule has 0 fully saturated rings. The molecule has 0 radical (unpaired) electrons. The van der Waals surface area contributed by atoms with Crippen LogP contribution in [0, 0.1) is 0 Å². The minimum absolute atomic E-state index is 0.516. The summed E-state index contributed by atoms with van der Waals surface area (Å²) >= 11 is 3.68. The lowest BCUT2D eigenvalue weighted by Crippen LogP contribution is -1.99. The van der Waals surface area contributed by atoms with E-state index < -0.39 is 0 Å². The van der Waals surface area contributed by atoms with Crippen LogP contribution in [-0.4, -0.2) is 16.5 Å². The molecule has 0 aliphatic carbocycles. The molecule has 2 aromatic heterocycles. The summed E-state index contributed by atoms with van der Waals surface area (Å²) in [6.07, 6.45) is 6.14. The van der Waals surface area contributed by atoms with Gasteiger partial charge in [0.2, 0.25) is 0 Å². The molecule has 4 heteroatoms. The highest BCUT2D eigenvalue weighted by atomic mass is 79.9. The van der Waals surface area contributed by atoms with Crippen molar-refractivity contribution in [3.8, 4) is 11.3 Å². The number of hydrogen-bond donors (Lipinski definition) is 2. The maximum atomic E-state index is 5.78. The summed E-state index contributed by atoms with van der Waals surface area (Å²) in [7, 11) is 0. The average Bonchev–Trinajstić information content (AvgIpc) is 3.12.